The Morgan fingerprint density at radius 1 is 1.46 bits per heavy atom. The van der Waals surface area contributed by atoms with E-state index in [1.807, 2.05) is 0 Å². The van der Waals surface area contributed by atoms with Crippen LogP contribution in [0.3, 0.4) is 0 Å². The second kappa shape index (κ2) is 2.84. The summed E-state index contributed by atoms with van der Waals surface area (Å²) in [5.74, 6) is 2.67. The maximum absolute atomic E-state index is 5.90. The van der Waals surface area contributed by atoms with Gasteiger partial charge in [0.25, 0.3) is 0 Å². The summed E-state index contributed by atoms with van der Waals surface area (Å²) in [5.41, 5.74) is 1.73. The van der Waals surface area contributed by atoms with Crippen LogP contribution in [0.25, 0.3) is 0 Å². The number of hydrogen-bond acceptors (Lipinski definition) is 1. The van der Waals surface area contributed by atoms with Crippen LogP contribution in [0.1, 0.15) is 32.6 Å². The third-order valence-corrected chi connectivity index (χ3v) is 4.30. The predicted octanol–water partition coefficient (Wildman–Crippen LogP) is 2.77. The van der Waals surface area contributed by atoms with Crippen LogP contribution in [0.4, 0.5) is 0 Å². The maximum Gasteiger partial charge on any atom is 0.0640 e. The molecule has 1 heterocycles. The first-order valence-corrected chi connectivity index (χ1v) is 5.67. The van der Waals surface area contributed by atoms with Crippen molar-refractivity contribution in [1.29, 1.82) is 0 Å². The van der Waals surface area contributed by atoms with Crippen LogP contribution in [0.2, 0.25) is 0 Å². The molecule has 0 spiro atoms. The van der Waals surface area contributed by atoms with E-state index in [4.69, 9.17) is 4.74 Å². The molecule has 13 heavy (non-hydrogen) atoms. The van der Waals surface area contributed by atoms with Gasteiger partial charge in [0, 0.05) is 6.61 Å². The standard InChI is InChI=1S/C12H18O/c1-2-8-6-9-7-11(8)10-4-3-5-13-12(9)10/h2,9-12H,3-7H2,1H3/b8-2+. The van der Waals surface area contributed by atoms with Crippen molar-refractivity contribution in [2.45, 2.75) is 38.7 Å². The van der Waals surface area contributed by atoms with E-state index >= 15 is 0 Å². The summed E-state index contributed by atoms with van der Waals surface area (Å²) in [6.07, 6.45) is 8.47. The summed E-state index contributed by atoms with van der Waals surface area (Å²) in [6.45, 7) is 3.23. The molecule has 1 nitrogen and oxygen atoms in total. The summed E-state index contributed by atoms with van der Waals surface area (Å²) in [7, 11) is 0. The molecule has 4 atom stereocenters. The van der Waals surface area contributed by atoms with Gasteiger partial charge in [0.05, 0.1) is 6.10 Å². The summed E-state index contributed by atoms with van der Waals surface area (Å²) in [4.78, 5) is 0. The lowest BCUT2D eigenvalue weighted by Crippen LogP contribution is -2.35. The van der Waals surface area contributed by atoms with E-state index in [9.17, 15) is 0 Å². The molecule has 4 unspecified atom stereocenters. The highest BCUT2D eigenvalue weighted by atomic mass is 16.5. The van der Waals surface area contributed by atoms with Crippen LogP contribution in [-0.4, -0.2) is 12.7 Å². The van der Waals surface area contributed by atoms with Crippen LogP contribution < -0.4 is 0 Å². The van der Waals surface area contributed by atoms with Crippen molar-refractivity contribution in [1.82, 2.24) is 0 Å². The minimum atomic E-state index is 0.641. The number of hydrogen-bond donors (Lipinski definition) is 0. The van der Waals surface area contributed by atoms with Crippen molar-refractivity contribution in [2.24, 2.45) is 17.8 Å². The summed E-state index contributed by atoms with van der Waals surface area (Å²) < 4.78 is 5.90. The van der Waals surface area contributed by atoms with E-state index < -0.39 is 0 Å². The normalized spacial score (nSPS) is 51.3. The number of fused-ring (bicyclic) bond motifs is 5. The van der Waals surface area contributed by atoms with Crippen LogP contribution in [0.15, 0.2) is 11.6 Å². The topological polar surface area (TPSA) is 9.23 Å². The van der Waals surface area contributed by atoms with Crippen molar-refractivity contribution < 1.29 is 4.74 Å². The predicted molar refractivity (Wildman–Crippen MR) is 52.4 cm³/mol. The molecule has 3 fully saturated rings. The van der Waals surface area contributed by atoms with Crippen molar-refractivity contribution in [3.05, 3.63) is 11.6 Å². The number of ether oxygens (including phenoxy) is 1. The quantitative estimate of drug-likeness (QED) is 0.518. The molecule has 0 amide bonds. The van der Waals surface area contributed by atoms with Crippen LogP contribution >= 0.6 is 0 Å². The number of allylic oxidation sites excluding steroid dienone is 2. The second-order valence-electron chi connectivity index (χ2n) is 4.81. The minimum absolute atomic E-state index is 0.641. The summed E-state index contributed by atoms with van der Waals surface area (Å²) in [5, 5.41) is 0. The zero-order valence-electron chi connectivity index (χ0n) is 8.33. The fourth-order valence-electron chi connectivity index (χ4n) is 3.79. The highest BCUT2D eigenvalue weighted by Crippen LogP contribution is 2.55. The van der Waals surface area contributed by atoms with Crippen LogP contribution in [0, 0.1) is 17.8 Å². The van der Waals surface area contributed by atoms with Gasteiger partial charge in [-0.3, -0.25) is 0 Å². The van der Waals surface area contributed by atoms with E-state index in [1.54, 1.807) is 5.57 Å². The maximum atomic E-state index is 5.90. The van der Waals surface area contributed by atoms with E-state index in [2.05, 4.69) is 13.0 Å². The molecule has 0 radical (unpaired) electrons. The fraction of sp³-hybridized carbons (Fsp3) is 0.833. The van der Waals surface area contributed by atoms with Gasteiger partial charge in [-0.05, 0) is 50.4 Å². The van der Waals surface area contributed by atoms with Gasteiger partial charge in [-0.1, -0.05) is 11.6 Å². The van der Waals surface area contributed by atoms with Crippen LogP contribution in [-0.2, 0) is 4.74 Å². The molecular formula is C12H18O. The Morgan fingerprint density at radius 2 is 2.38 bits per heavy atom. The molecule has 72 valence electrons. The average Bonchev–Trinajstić information content (AvgIpc) is 2.75. The van der Waals surface area contributed by atoms with Crippen LogP contribution in [0.5, 0.6) is 0 Å². The lowest BCUT2D eigenvalue weighted by Gasteiger charge is -2.36. The molecule has 2 aliphatic carbocycles. The lowest BCUT2D eigenvalue weighted by molar-refractivity contribution is -0.0458. The molecule has 1 saturated heterocycles. The average molecular weight is 178 g/mol. The first-order valence-electron chi connectivity index (χ1n) is 5.67. The van der Waals surface area contributed by atoms with Gasteiger partial charge >= 0.3 is 0 Å². The number of rotatable bonds is 0. The molecule has 0 aromatic carbocycles. The molecule has 2 bridgehead atoms. The molecule has 3 rings (SSSR count). The van der Waals surface area contributed by atoms with Crippen molar-refractivity contribution in [3.8, 4) is 0 Å². The van der Waals surface area contributed by atoms with Gasteiger partial charge in [-0.2, -0.15) is 0 Å². The van der Waals surface area contributed by atoms with Gasteiger partial charge in [-0.25, -0.2) is 0 Å². The van der Waals surface area contributed by atoms with E-state index in [0.29, 0.717) is 6.10 Å². The largest absolute Gasteiger partial charge is 0.378 e. The van der Waals surface area contributed by atoms with E-state index in [1.165, 1.54) is 25.7 Å². The van der Waals surface area contributed by atoms with Gasteiger partial charge < -0.3 is 4.74 Å². The Hall–Kier alpha value is -0.300. The fourth-order valence-corrected chi connectivity index (χ4v) is 3.79. The Balaban J connectivity index is 1.87. The SMILES string of the molecule is C/C=C1\CC2CC1C1CCCOC21. The molecule has 1 aliphatic heterocycles. The molecule has 0 aromatic heterocycles. The third kappa shape index (κ3) is 1.03. The highest BCUT2D eigenvalue weighted by Gasteiger charge is 2.51. The van der Waals surface area contributed by atoms with Crippen molar-refractivity contribution in [2.75, 3.05) is 6.61 Å². The second-order valence-corrected chi connectivity index (χ2v) is 4.81. The van der Waals surface area contributed by atoms with Crippen molar-refractivity contribution >= 4 is 0 Å². The lowest BCUT2D eigenvalue weighted by atomic mass is 9.79. The Bertz CT molecular complexity index is 244. The highest BCUT2D eigenvalue weighted by molar-refractivity contribution is 5.21. The molecule has 1 heteroatoms. The smallest absolute Gasteiger partial charge is 0.0640 e. The molecule has 2 saturated carbocycles. The van der Waals surface area contributed by atoms with Gasteiger partial charge in [0.15, 0.2) is 0 Å². The first kappa shape index (κ1) is 8.05. The Labute approximate surface area is 80.2 Å². The molecule has 3 aliphatic rings. The van der Waals surface area contributed by atoms with Gasteiger partial charge in [-0.15, -0.1) is 0 Å². The van der Waals surface area contributed by atoms with E-state index in [-0.39, 0.29) is 0 Å². The van der Waals surface area contributed by atoms with Gasteiger partial charge in [0.2, 0.25) is 0 Å². The summed E-state index contributed by atoms with van der Waals surface area (Å²) >= 11 is 0. The Kier molecular flexibility index (Phi) is 1.76. The first-order chi connectivity index (χ1) is 6.40. The van der Waals surface area contributed by atoms with E-state index in [0.717, 1.165) is 24.4 Å². The molecular weight excluding hydrogens is 160 g/mol. The molecule has 0 aromatic rings. The monoisotopic (exact) mass is 178 g/mol. The zero-order valence-corrected chi connectivity index (χ0v) is 8.33. The Morgan fingerprint density at radius 3 is 3.23 bits per heavy atom. The minimum Gasteiger partial charge on any atom is -0.378 e. The molecule has 0 N–H and O–H groups in total. The third-order valence-electron chi connectivity index (χ3n) is 4.30. The summed E-state index contributed by atoms with van der Waals surface area (Å²) in [6, 6.07) is 0. The van der Waals surface area contributed by atoms with Crippen molar-refractivity contribution in [3.63, 3.8) is 0 Å². The van der Waals surface area contributed by atoms with Gasteiger partial charge in [0.1, 0.15) is 0 Å². The zero-order chi connectivity index (χ0) is 8.84.